The van der Waals surface area contributed by atoms with Crippen LogP contribution in [0.2, 0.25) is 0 Å². The number of aryl methyl sites for hydroxylation is 1. The maximum atomic E-state index is 12.3. The maximum Gasteiger partial charge on any atom is 0.315 e. The summed E-state index contributed by atoms with van der Waals surface area (Å²) in [5, 5.41) is 5.96. The zero-order valence-electron chi connectivity index (χ0n) is 16.5. The molecule has 1 saturated heterocycles. The molecule has 0 spiro atoms. The lowest BCUT2D eigenvalue weighted by molar-refractivity contribution is -0.128. The molecular weight excluding hydrogens is 350 g/mol. The van der Waals surface area contributed by atoms with E-state index in [1.54, 1.807) is 0 Å². The van der Waals surface area contributed by atoms with E-state index in [2.05, 4.69) is 22.8 Å². The SMILES string of the molecule is C[C@@H](CCc1ccccc1)NC(=O)NCc1ccccc1CN1CCCC1=O. The highest BCUT2D eigenvalue weighted by atomic mass is 16.2. The Labute approximate surface area is 167 Å². The maximum absolute atomic E-state index is 12.3. The van der Waals surface area contributed by atoms with Gasteiger partial charge in [-0.05, 0) is 42.9 Å². The van der Waals surface area contributed by atoms with Gasteiger partial charge in [0.2, 0.25) is 5.91 Å². The van der Waals surface area contributed by atoms with Crippen molar-refractivity contribution in [1.82, 2.24) is 15.5 Å². The van der Waals surface area contributed by atoms with Crippen molar-refractivity contribution in [1.29, 1.82) is 0 Å². The predicted molar refractivity (Wildman–Crippen MR) is 111 cm³/mol. The Bertz CT molecular complexity index is 791. The highest BCUT2D eigenvalue weighted by Gasteiger charge is 2.21. The molecule has 28 heavy (non-hydrogen) atoms. The lowest BCUT2D eigenvalue weighted by atomic mass is 10.1. The summed E-state index contributed by atoms with van der Waals surface area (Å²) in [5.74, 6) is 0.216. The van der Waals surface area contributed by atoms with E-state index in [-0.39, 0.29) is 18.0 Å². The fourth-order valence-corrected chi connectivity index (χ4v) is 3.51. The van der Waals surface area contributed by atoms with Crippen LogP contribution in [-0.4, -0.2) is 29.4 Å². The van der Waals surface area contributed by atoms with Crippen LogP contribution >= 0.6 is 0 Å². The first-order chi connectivity index (χ1) is 13.6. The van der Waals surface area contributed by atoms with Gasteiger partial charge in [0, 0.05) is 32.1 Å². The molecular formula is C23H29N3O2. The molecule has 0 saturated carbocycles. The number of hydrogen-bond acceptors (Lipinski definition) is 2. The summed E-state index contributed by atoms with van der Waals surface area (Å²) in [4.78, 5) is 26.0. The number of likely N-dealkylation sites (tertiary alicyclic amines) is 1. The molecule has 1 atom stereocenters. The Balaban J connectivity index is 1.45. The lowest BCUT2D eigenvalue weighted by Gasteiger charge is -2.19. The van der Waals surface area contributed by atoms with Crippen molar-refractivity contribution in [2.24, 2.45) is 0 Å². The average Bonchev–Trinajstić information content (AvgIpc) is 3.11. The van der Waals surface area contributed by atoms with Gasteiger partial charge in [-0.1, -0.05) is 54.6 Å². The van der Waals surface area contributed by atoms with Crippen LogP contribution in [0.3, 0.4) is 0 Å². The second-order valence-electron chi connectivity index (χ2n) is 7.44. The van der Waals surface area contributed by atoms with Gasteiger partial charge in [-0.2, -0.15) is 0 Å². The highest BCUT2D eigenvalue weighted by molar-refractivity contribution is 5.78. The number of carbonyl (C=O) groups excluding carboxylic acids is 2. The molecule has 0 radical (unpaired) electrons. The van der Waals surface area contributed by atoms with Crippen LogP contribution in [-0.2, 0) is 24.3 Å². The summed E-state index contributed by atoms with van der Waals surface area (Å²) in [6.45, 7) is 3.91. The van der Waals surface area contributed by atoms with Gasteiger partial charge >= 0.3 is 6.03 Å². The summed E-state index contributed by atoms with van der Waals surface area (Å²) < 4.78 is 0. The number of benzene rings is 2. The largest absolute Gasteiger partial charge is 0.338 e. The van der Waals surface area contributed by atoms with Crippen LogP contribution in [0.1, 0.15) is 42.9 Å². The molecule has 5 nitrogen and oxygen atoms in total. The van der Waals surface area contributed by atoms with E-state index in [1.807, 2.05) is 54.3 Å². The highest BCUT2D eigenvalue weighted by Crippen LogP contribution is 2.17. The van der Waals surface area contributed by atoms with Crippen LogP contribution in [0.5, 0.6) is 0 Å². The van der Waals surface area contributed by atoms with Crippen LogP contribution in [0.15, 0.2) is 54.6 Å². The molecule has 2 aromatic rings. The van der Waals surface area contributed by atoms with Crippen molar-refractivity contribution < 1.29 is 9.59 Å². The third kappa shape index (κ3) is 5.84. The first-order valence-electron chi connectivity index (χ1n) is 10.0. The van der Waals surface area contributed by atoms with Crippen molar-refractivity contribution in [3.05, 3.63) is 71.3 Å². The molecule has 0 unspecified atom stereocenters. The van der Waals surface area contributed by atoms with Gasteiger partial charge in [-0.3, -0.25) is 4.79 Å². The fourth-order valence-electron chi connectivity index (χ4n) is 3.51. The summed E-state index contributed by atoms with van der Waals surface area (Å²) in [5.41, 5.74) is 3.42. The summed E-state index contributed by atoms with van der Waals surface area (Å²) in [7, 11) is 0. The number of rotatable bonds is 8. The number of nitrogens with zero attached hydrogens (tertiary/aromatic N) is 1. The third-order valence-corrected chi connectivity index (χ3v) is 5.18. The molecule has 5 heteroatoms. The van der Waals surface area contributed by atoms with Crippen molar-refractivity contribution in [3.63, 3.8) is 0 Å². The van der Waals surface area contributed by atoms with E-state index in [0.29, 0.717) is 19.5 Å². The number of amides is 3. The van der Waals surface area contributed by atoms with Gasteiger partial charge < -0.3 is 15.5 Å². The molecule has 3 amide bonds. The Morgan fingerprint density at radius 2 is 1.79 bits per heavy atom. The second-order valence-corrected chi connectivity index (χ2v) is 7.44. The van der Waals surface area contributed by atoms with Crippen LogP contribution in [0.4, 0.5) is 4.79 Å². The van der Waals surface area contributed by atoms with E-state index in [9.17, 15) is 9.59 Å². The minimum Gasteiger partial charge on any atom is -0.338 e. The van der Waals surface area contributed by atoms with Gasteiger partial charge in [0.25, 0.3) is 0 Å². The zero-order chi connectivity index (χ0) is 19.8. The molecule has 1 fully saturated rings. The monoisotopic (exact) mass is 379 g/mol. The number of urea groups is 1. The predicted octanol–water partition coefficient (Wildman–Crippen LogP) is 3.63. The van der Waals surface area contributed by atoms with Crippen molar-refractivity contribution in [3.8, 4) is 0 Å². The van der Waals surface area contributed by atoms with Crippen molar-refractivity contribution in [2.45, 2.75) is 51.7 Å². The summed E-state index contributed by atoms with van der Waals surface area (Å²) in [6.07, 6.45) is 3.41. The molecule has 1 aliphatic heterocycles. The van der Waals surface area contributed by atoms with Gasteiger partial charge in [0.05, 0.1) is 0 Å². The number of nitrogens with one attached hydrogen (secondary N) is 2. The quantitative estimate of drug-likeness (QED) is 0.736. The normalized spacial score (nSPS) is 14.8. The van der Waals surface area contributed by atoms with Crippen molar-refractivity contribution >= 4 is 11.9 Å². The van der Waals surface area contributed by atoms with E-state index in [0.717, 1.165) is 36.9 Å². The van der Waals surface area contributed by atoms with Gasteiger partial charge in [0.1, 0.15) is 0 Å². The molecule has 1 aliphatic rings. The fraction of sp³-hybridized carbons (Fsp3) is 0.391. The molecule has 0 bridgehead atoms. The summed E-state index contributed by atoms with van der Waals surface area (Å²) >= 11 is 0. The Morgan fingerprint density at radius 3 is 2.50 bits per heavy atom. The van der Waals surface area contributed by atoms with E-state index in [4.69, 9.17) is 0 Å². The first kappa shape index (κ1) is 19.9. The molecule has 2 N–H and O–H groups in total. The third-order valence-electron chi connectivity index (χ3n) is 5.18. The summed E-state index contributed by atoms with van der Waals surface area (Å²) in [6, 6.07) is 18.2. The zero-order valence-corrected chi connectivity index (χ0v) is 16.5. The minimum absolute atomic E-state index is 0.0951. The second kappa shape index (κ2) is 9.93. The molecule has 1 heterocycles. The Morgan fingerprint density at radius 1 is 1.07 bits per heavy atom. The van der Waals surface area contributed by atoms with Crippen LogP contribution in [0, 0.1) is 0 Å². The molecule has 0 aromatic heterocycles. The van der Waals surface area contributed by atoms with Crippen LogP contribution < -0.4 is 10.6 Å². The molecule has 148 valence electrons. The Kier molecular flexibility index (Phi) is 7.06. The van der Waals surface area contributed by atoms with Gasteiger partial charge in [0.15, 0.2) is 0 Å². The smallest absolute Gasteiger partial charge is 0.315 e. The average molecular weight is 380 g/mol. The lowest BCUT2D eigenvalue weighted by Crippen LogP contribution is -2.40. The van der Waals surface area contributed by atoms with Gasteiger partial charge in [-0.15, -0.1) is 0 Å². The molecule has 0 aliphatic carbocycles. The van der Waals surface area contributed by atoms with E-state index >= 15 is 0 Å². The van der Waals surface area contributed by atoms with E-state index in [1.165, 1.54) is 5.56 Å². The van der Waals surface area contributed by atoms with E-state index < -0.39 is 0 Å². The number of hydrogen-bond donors (Lipinski definition) is 2. The number of carbonyl (C=O) groups is 2. The van der Waals surface area contributed by atoms with Crippen LogP contribution in [0.25, 0.3) is 0 Å². The minimum atomic E-state index is -0.160. The van der Waals surface area contributed by atoms with Gasteiger partial charge in [-0.25, -0.2) is 4.79 Å². The molecule has 2 aromatic carbocycles. The van der Waals surface area contributed by atoms with Crippen molar-refractivity contribution in [2.75, 3.05) is 6.54 Å². The topological polar surface area (TPSA) is 61.4 Å². The standard InChI is InChI=1S/C23H29N3O2/c1-18(13-14-19-8-3-2-4-9-19)25-23(28)24-16-20-10-5-6-11-21(20)17-26-15-7-12-22(26)27/h2-6,8-11,18H,7,12-17H2,1H3,(H2,24,25,28)/t18-/m0/s1. The Hall–Kier alpha value is -2.82. The molecule has 3 rings (SSSR count). The first-order valence-corrected chi connectivity index (χ1v) is 10.0.